The molecule has 1 saturated heterocycles. The van der Waals surface area contributed by atoms with Gasteiger partial charge in [-0.3, -0.25) is 0 Å². The van der Waals surface area contributed by atoms with Gasteiger partial charge in [0.15, 0.2) is 11.5 Å². The lowest BCUT2D eigenvalue weighted by Gasteiger charge is -2.29. The van der Waals surface area contributed by atoms with Gasteiger partial charge < -0.3 is 19.9 Å². The topological polar surface area (TPSA) is 50.7 Å². The first-order valence-electron chi connectivity index (χ1n) is 6.31. The Morgan fingerprint density at radius 3 is 2.89 bits per heavy atom. The fraction of sp³-hybridized carbons (Fsp3) is 0.538. The lowest BCUT2D eigenvalue weighted by molar-refractivity contribution is 0.167. The molecule has 0 radical (unpaired) electrons. The van der Waals surface area contributed by atoms with Crippen LogP contribution in [0.25, 0.3) is 0 Å². The first kappa shape index (κ1) is 11.9. The smallest absolute Gasteiger partial charge is 0.169 e. The van der Waals surface area contributed by atoms with Gasteiger partial charge >= 0.3 is 0 Å². The summed E-state index contributed by atoms with van der Waals surface area (Å²) >= 11 is 6.06. The second-order valence-corrected chi connectivity index (χ2v) is 5.05. The largest absolute Gasteiger partial charge is 0.506 e. The van der Waals surface area contributed by atoms with E-state index in [2.05, 4.69) is 5.32 Å². The number of fused-ring (bicyclic) bond motifs is 1. The standard InChI is InChI=1S/C13H16ClNO3/c14-8-7-10-13(18-6-5-17-10)11(12(8)16)9-3-1-2-4-15-9/h7,9,15-16H,1-6H2. The maximum Gasteiger partial charge on any atom is 0.169 e. The summed E-state index contributed by atoms with van der Waals surface area (Å²) in [5.41, 5.74) is 0.747. The molecule has 0 amide bonds. The molecular weight excluding hydrogens is 254 g/mol. The zero-order chi connectivity index (χ0) is 12.5. The Kier molecular flexibility index (Phi) is 3.22. The van der Waals surface area contributed by atoms with Gasteiger partial charge in [0.25, 0.3) is 0 Å². The summed E-state index contributed by atoms with van der Waals surface area (Å²) in [6.07, 6.45) is 3.28. The second kappa shape index (κ2) is 4.86. The van der Waals surface area contributed by atoms with Crippen LogP contribution in [-0.4, -0.2) is 24.9 Å². The number of hydrogen-bond donors (Lipinski definition) is 2. The Morgan fingerprint density at radius 2 is 2.11 bits per heavy atom. The van der Waals surface area contributed by atoms with Crippen molar-refractivity contribution < 1.29 is 14.6 Å². The zero-order valence-corrected chi connectivity index (χ0v) is 10.8. The molecule has 0 spiro atoms. The molecule has 2 aliphatic heterocycles. The van der Waals surface area contributed by atoms with Crippen molar-refractivity contribution in [2.75, 3.05) is 19.8 Å². The normalized spacial score (nSPS) is 22.8. The van der Waals surface area contributed by atoms with Crippen LogP contribution in [0, 0.1) is 0 Å². The average Bonchev–Trinajstić information content (AvgIpc) is 2.41. The minimum absolute atomic E-state index is 0.0906. The molecule has 1 aromatic rings. The van der Waals surface area contributed by atoms with E-state index in [1.807, 2.05) is 0 Å². The van der Waals surface area contributed by atoms with Crippen molar-refractivity contribution in [2.45, 2.75) is 25.3 Å². The van der Waals surface area contributed by atoms with Crippen LogP contribution in [0.3, 0.4) is 0 Å². The fourth-order valence-corrected chi connectivity index (χ4v) is 2.79. The maximum absolute atomic E-state index is 10.2. The fourth-order valence-electron chi connectivity index (χ4n) is 2.59. The highest BCUT2D eigenvalue weighted by atomic mass is 35.5. The summed E-state index contributed by atoms with van der Waals surface area (Å²) in [6, 6.07) is 1.71. The molecule has 2 heterocycles. The molecule has 0 bridgehead atoms. The van der Waals surface area contributed by atoms with Crippen molar-refractivity contribution in [3.05, 3.63) is 16.7 Å². The summed E-state index contributed by atoms with van der Waals surface area (Å²) < 4.78 is 11.2. The molecule has 5 heteroatoms. The first-order valence-corrected chi connectivity index (χ1v) is 6.69. The minimum Gasteiger partial charge on any atom is -0.506 e. The molecule has 2 aliphatic rings. The molecule has 1 aromatic carbocycles. The van der Waals surface area contributed by atoms with Gasteiger partial charge in [-0.25, -0.2) is 0 Å². The Morgan fingerprint density at radius 1 is 1.28 bits per heavy atom. The van der Waals surface area contributed by atoms with E-state index in [9.17, 15) is 5.11 Å². The van der Waals surface area contributed by atoms with E-state index in [1.54, 1.807) is 6.07 Å². The Balaban J connectivity index is 2.07. The van der Waals surface area contributed by atoms with Gasteiger partial charge in [0, 0.05) is 12.1 Å². The molecule has 18 heavy (non-hydrogen) atoms. The summed E-state index contributed by atoms with van der Waals surface area (Å²) in [7, 11) is 0. The van der Waals surface area contributed by atoms with Gasteiger partial charge in [-0.1, -0.05) is 18.0 Å². The molecule has 0 saturated carbocycles. The van der Waals surface area contributed by atoms with Crippen molar-refractivity contribution in [3.63, 3.8) is 0 Å². The number of benzene rings is 1. The van der Waals surface area contributed by atoms with E-state index in [0.29, 0.717) is 29.7 Å². The summed E-state index contributed by atoms with van der Waals surface area (Å²) in [4.78, 5) is 0. The monoisotopic (exact) mass is 269 g/mol. The number of phenols is 1. The number of halogens is 1. The summed E-state index contributed by atoms with van der Waals surface area (Å²) in [5, 5.41) is 13.9. The van der Waals surface area contributed by atoms with E-state index < -0.39 is 0 Å². The highest BCUT2D eigenvalue weighted by Crippen LogP contribution is 2.47. The van der Waals surface area contributed by atoms with E-state index in [-0.39, 0.29) is 11.8 Å². The van der Waals surface area contributed by atoms with Crippen LogP contribution in [0.1, 0.15) is 30.9 Å². The quantitative estimate of drug-likeness (QED) is 0.823. The molecule has 2 N–H and O–H groups in total. The predicted octanol–water partition coefficient (Wildman–Crippen LogP) is 2.63. The van der Waals surface area contributed by atoms with Crippen molar-refractivity contribution in [1.29, 1.82) is 0 Å². The SMILES string of the molecule is Oc1c(Cl)cc2c(c1C1CCCCN1)OCCO2. The third kappa shape index (κ3) is 1.99. The zero-order valence-electron chi connectivity index (χ0n) is 10.0. The Labute approximate surface area is 111 Å². The van der Waals surface area contributed by atoms with Crippen LogP contribution in [0.15, 0.2) is 6.07 Å². The van der Waals surface area contributed by atoms with Gasteiger partial charge in [-0.15, -0.1) is 0 Å². The van der Waals surface area contributed by atoms with Crippen LogP contribution in [-0.2, 0) is 0 Å². The Hall–Kier alpha value is -1.13. The van der Waals surface area contributed by atoms with E-state index in [0.717, 1.165) is 31.4 Å². The number of piperidine rings is 1. The van der Waals surface area contributed by atoms with Gasteiger partial charge in [-0.05, 0) is 19.4 Å². The van der Waals surface area contributed by atoms with Crippen molar-refractivity contribution in [2.24, 2.45) is 0 Å². The molecule has 0 aromatic heterocycles. The third-order valence-corrected chi connectivity index (χ3v) is 3.74. The maximum atomic E-state index is 10.2. The molecular formula is C13H16ClNO3. The van der Waals surface area contributed by atoms with Crippen LogP contribution >= 0.6 is 11.6 Å². The minimum atomic E-state index is 0.0906. The molecule has 98 valence electrons. The molecule has 0 aliphatic carbocycles. The molecule has 1 fully saturated rings. The molecule has 3 rings (SSSR count). The number of phenolic OH excluding ortho intramolecular Hbond substituents is 1. The summed E-state index contributed by atoms with van der Waals surface area (Å²) in [6.45, 7) is 1.98. The predicted molar refractivity (Wildman–Crippen MR) is 68.7 cm³/mol. The third-order valence-electron chi connectivity index (χ3n) is 3.45. The van der Waals surface area contributed by atoms with Gasteiger partial charge in [-0.2, -0.15) is 0 Å². The van der Waals surface area contributed by atoms with Gasteiger partial charge in [0.1, 0.15) is 19.0 Å². The van der Waals surface area contributed by atoms with Crippen LogP contribution < -0.4 is 14.8 Å². The Bertz CT molecular complexity index is 458. The van der Waals surface area contributed by atoms with Crippen LogP contribution in [0.5, 0.6) is 17.2 Å². The highest BCUT2D eigenvalue weighted by molar-refractivity contribution is 6.32. The average molecular weight is 270 g/mol. The van der Waals surface area contributed by atoms with E-state index in [4.69, 9.17) is 21.1 Å². The lowest BCUT2D eigenvalue weighted by atomic mass is 9.95. The summed E-state index contributed by atoms with van der Waals surface area (Å²) in [5.74, 6) is 1.38. The van der Waals surface area contributed by atoms with Crippen molar-refractivity contribution >= 4 is 11.6 Å². The molecule has 1 atom stereocenters. The molecule has 1 unspecified atom stereocenters. The highest BCUT2D eigenvalue weighted by Gasteiger charge is 2.28. The number of ether oxygens (including phenoxy) is 2. The number of hydrogen-bond acceptors (Lipinski definition) is 4. The van der Waals surface area contributed by atoms with Crippen LogP contribution in [0.4, 0.5) is 0 Å². The van der Waals surface area contributed by atoms with E-state index in [1.165, 1.54) is 0 Å². The van der Waals surface area contributed by atoms with E-state index >= 15 is 0 Å². The number of rotatable bonds is 1. The number of aromatic hydroxyl groups is 1. The first-order chi connectivity index (χ1) is 8.77. The van der Waals surface area contributed by atoms with Crippen LogP contribution in [0.2, 0.25) is 5.02 Å². The van der Waals surface area contributed by atoms with Crippen molar-refractivity contribution in [1.82, 2.24) is 5.32 Å². The van der Waals surface area contributed by atoms with Crippen molar-refractivity contribution in [3.8, 4) is 17.2 Å². The number of nitrogens with one attached hydrogen (secondary N) is 1. The van der Waals surface area contributed by atoms with Gasteiger partial charge in [0.05, 0.1) is 10.6 Å². The molecule has 4 nitrogen and oxygen atoms in total. The second-order valence-electron chi connectivity index (χ2n) is 4.65. The van der Waals surface area contributed by atoms with Gasteiger partial charge in [0.2, 0.25) is 0 Å². The lowest BCUT2D eigenvalue weighted by Crippen LogP contribution is -2.28.